The lowest BCUT2D eigenvalue weighted by molar-refractivity contribution is -0.139. The van der Waals surface area contributed by atoms with Crippen LogP contribution in [0.4, 0.5) is 5.69 Å². The lowest BCUT2D eigenvalue weighted by Gasteiger charge is -2.10. The van der Waals surface area contributed by atoms with Gasteiger partial charge in [0.1, 0.15) is 17.3 Å². The van der Waals surface area contributed by atoms with Crippen LogP contribution in [-0.4, -0.2) is 37.7 Å². The highest BCUT2D eigenvalue weighted by molar-refractivity contribution is 6.35. The Morgan fingerprint density at radius 1 is 1.03 bits per heavy atom. The van der Waals surface area contributed by atoms with Crippen LogP contribution < -0.4 is 25.5 Å². The average molecular weight is 450 g/mol. The van der Waals surface area contributed by atoms with Crippen LogP contribution in [-0.2, 0) is 20.9 Å². The number of benzene rings is 2. The molecule has 3 N–H and O–H groups in total. The molecule has 0 saturated carbocycles. The number of anilines is 1. The van der Waals surface area contributed by atoms with Gasteiger partial charge in [-0.2, -0.15) is 5.10 Å². The van der Waals surface area contributed by atoms with Gasteiger partial charge in [0.25, 0.3) is 5.91 Å². The number of ether oxygens (including phenoxy) is 2. The molecule has 0 aliphatic rings. The predicted octanol–water partition coefficient (Wildman–Crippen LogP) is 2.07. The molecule has 0 radical (unpaired) electrons. The van der Waals surface area contributed by atoms with E-state index in [9.17, 15) is 14.4 Å². The third-order valence-corrected chi connectivity index (χ3v) is 4.21. The monoisotopic (exact) mass is 450 g/mol. The maximum atomic E-state index is 12.2. The van der Waals surface area contributed by atoms with Crippen LogP contribution in [0.1, 0.15) is 11.3 Å². The van der Waals surface area contributed by atoms with Crippen LogP contribution in [0.15, 0.2) is 76.4 Å². The molecule has 3 amide bonds. The van der Waals surface area contributed by atoms with Crippen molar-refractivity contribution in [3.63, 3.8) is 0 Å². The van der Waals surface area contributed by atoms with Crippen molar-refractivity contribution in [2.75, 3.05) is 19.0 Å². The molecule has 0 unspecified atom stereocenters. The van der Waals surface area contributed by atoms with Gasteiger partial charge in [-0.05, 0) is 36.4 Å². The van der Waals surface area contributed by atoms with Gasteiger partial charge < -0.3 is 24.5 Å². The lowest BCUT2D eigenvalue weighted by atomic mass is 10.2. The van der Waals surface area contributed by atoms with Crippen LogP contribution in [0.3, 0.4) is 0 Å². The Morgan fingerprint density at radius 2 is 1.88 bits per heavy atom. The molecule has 0 bridgehead atoms. The Morgan fingerprint density at radius 3 is 2.67 bits per heavy atom. The second-order valence-corrected chi connectivity index (χ2v) is 6.57. The minimum absolute atomic E-state index is 0.0808. The molecule has 1 heterocycles. The Bertz CT molecular complexity index is 1130. The second kappa shape index (κ2) is 11.7. The molecule has 10 heteroatoms. The SMILES string of the molecule is COc1cccc(NC(=O)COc2ccccc2/C=N\NC(=O)C(=O)NCc2ccco2)c1. The zero-order chi connectivity index (χ0) is 23.5. The molecule has 0 saturated heterocycles. The molecule has 0 aliphatic heterocycles. The third-order valence-electron chi connectivity index (χ3n) is 4.21. The number of carbonyl (C=O) groups is 3. The minimum Gasteiger partial charge on any atom is -0.497 e. The van der Waals surface area contributed by atoms with E-state index in [-0.39, 0.29) is 19.1 Å². The van der Waals surface area contributed by atoms with E-state index in [0.29, 0.717) is 28.5 Å². The van der Waals surface area contributed by atoms with Crippen molar-refractivity contribution in [2.45, 2.75) is 6.54 Å². The third kappa shape index (κ3) is 7.24. The topological polar surface area (TPSA) is 131 Å². The Labute approximate surface area is 189 Å². The summed E-state index contributed by atoms with van der Waals surface area (Å²) in [6.07, 6.45) is 2.78. The number of hydrogen-bond donors (Lipinski definition) is 3. The average Bonchev–Trinajstić information content (AvgIpc) is 3.35. The van der Waals surface area contributed by atoms with Gasteiger partial charge in [0, 0.05) is 17.3 Å². The van der Waals surface area contributed by atoms with Gasteiger partial charge in [-0.3, -0.25) is 14.4 Å². The summed E-state index contributed by atoms with van der Waals surface area (Å²) in [6, 6.07) is 17.1. The van der Waals surface area contributed by atoms with Gasteiger partial charge in [-0.1, -0.05) is 18.2 Å². The first-order valence-corrected chi connectivity index (χ1v) is 9.84. The maximum Gasteiger partial charge on any atom is 0.329 e. The highest BCUT2D eigenvalue weighted by Crippen LogP contribution is 2.18. The molecule has 1 aromatic heterocycles. The number of nitrogens with zero attached hydrogens (tertiary/aromatic N) is 1. The summed E-state index contributed by atoms with van der Waals surface area (Å²) in [5, 5.41) is 8.90. The van der Waals surface area contributed by atoms with Gasteiger partial charge in [0.15, 0.2) is 6.61 Å². The number of carbonyl (C=O) groups excluding carboxylic acids is 3. The predicted molar refractivity (Wildman–Crippen MR) is 120 cm³/mol. The summed E-state index contributed by atoms with van der Waals surface area (Å²) in [5.41, 5.74) is 3.22. The highest BCUT2D eigenvalue weighted by atomic mass is 16.5. The number of para-hydroxylation sites is 1. The molecule has 2 aromatic carbocycles. The number of methoxy groups -OCH3 is 1. The van der Waals surface area contributed by atoms with Crippen molar-refractivity contribution in [3.05, 3.63) is 78.3 Å². The van der Waals surface area contributed by atoms with E-state index < -0.39 is 11.8 Å². The number of amides is 3. The quantitative estimate of drug-likeness (QED) is 0.260. The molecule has 0 aliphatic carbocycles. The summed E-state index contributed by atoms with van der Waals surface area (Å²) < 4.78 is 15.8. The van der Waals surface area contributed by atoms with Crippen molar-refractivity contribution >= 4 is 29.6 Å². The molecule has 33 heavy (non-hydrogen) atoms. The van der Waals surface area contributed by atoms with E-state index in [4.69, 9.17) is 13.9 Å². The standard InChI is InChI=1S/C23H22N4O6/c1-31-18-8-4-7-17(12-18)26-21(28)15-33-20-10-3-2-6-16(20)13-25-27-23(30)22(29)24-14-19-9-5-11-32-19/h2-13H,14-15H2,1H3,(H,24,29)(H,26,28)(H,27,30)/b25-13-. The van der Waals surface area contributed by atoms with Gasteiger partial charge in [0.2, 0.25) is 0 Å². The molecule has 3 aromatic rings. The summed E-state index contributed by atoms with van der Waals surface area (Å²) in [7, 11) is 1.54. The number of furan rings is 1. The largest absolute Gasteiger partial charge is 0.497 e. The van der Waals surface area contributed by atoms with E-state index in [1.807, 2.05) is 0 Å². The number of rotatable bonds is 9. The van der Waals surface area contributed by atoms with Crippen LogP contribution in [0, 0.1) is 0 Å². The van der Waals surface area contributed by atoms with E-state index in [1.54, 1.807) is 67.8 Å². The van der Waals surface area contributed by atoms with Gasteiger partial charge >= 0.3 is 11.8 Å². The molecule has 170 valence electrons. The fourth-order valence-electron chi connectivity index (χ4n) is 2.63. The molecular formula is C23H22N4O6. The molecule has 3 rings (SSSR count). The molecule has 0 spiro atoms. The normalized spacial score (nSPS) is 10.5. The number of hydrazone groups is 1. The van der Waals surface area contributed by atoms with Crippen molar-refractivity contribution in [3.8, 4) is 11.5 Å². The van der Waals surface area contributed by atoms with E-state index in [2.05, 4.69) is 21.2 Å². The Hall–Kier alpha value is -4.60. The van der Waals surface area contributed by atoms with E-state index >= 15 is 0 Å². The van der Waals surface area contributed by atoms with Gasteiger partial charge in [0.05, 0.1) is 26.1 Å². The molecule has 10 nitrogen and oxygen atoms in total. The molecule has 0 fully saturated rings. The van der Waals surface area contributed by atoms with Crippen molar-refractivity contribution in [1.82, 2.24) is 10.7 Å². The van der Waals surface area contributed by atoms with Crippen molar-refractivity contribution < 1.29 is 28.3 Å². The number of hydrogen-bond acceptors (Lipinski definition) is 7. The van der Waals surface area contributed by atoms with Crippen molar-refractivity contribution in [1.29, 1.82) is 0 Å². The molecule has 0 atom stereocenters. The summed E-state index contributed by atoms with van der Waals surface area (Å²) >= 11 is 0. The van der Waals surface area contributed by atoms with Crippen LogP contribution in [0.25, 0.3) is 0 Å². The number of nitrogens with one attached hydrogen (secondary N) is 3. The van der Waals surface area contributed by atoms with E-state index in [0.717, 1.165) is 0 Å². The first kappa shape index (κ1) is 23.1. The zero-order valence-corrected chi connectivity index (χ0v) is 17.7. The smallest absolute Gasteiger partial charge is 0.329 e. The Kier molecular flexibility index (Phi) is 8.18. The fraction of sp³-hybridized carbons (Fsp3) is 0.130. The lowest BCUT2D eigenvalue weighted by Crippen LogP contribution is -2.37. The molecular weight excluding hydrogens is 428 g/mol. The van der Waals surface area contributed by atoms with Crippen molar-refractivity contribution in [2.24, 2.45) is 5.10 Å². The van der Waals surface area contributed by atoms with Crippen LogP contribution in [0.5, 0.6) is 11.5 Å². The van der Waals surface area contributed by atoms with Gasteiger partial charge in [-0.25, -0.2) is 5.43 Å². The Balaban J connectivity index is 1.49. The highest BCUT2D eigenvalue weighted by Gasteiger charge is 2.13. The summed E-state index contributed by atoms with van der Waals surface area (Å²) in [5.74, 6) is -0.653. The second-order valence-electron chi connectivity index (χ2n) is 6.57. The maximum absolute atomic E-state index is 12.2. The minimum atomic E-state index is -0.936. The summed E-state index contributed by atoms with van der Waals surface area (Å²) in [4.78, 5) is 35.9. The van der Waals surface area contributed by atoms with Crippen LogP contribution >= 0.6 is 0 Å². The first-order valence-electron chi connectivity index (χ1n) is 9.84. The van der Waals surface area contributed by atoms with Gasteiger partial charge in [-0.15, -0.1) is 0 Å². The van der Waals surface area contributed by atoms with Crippen LogP contribution in [0.2, 0.25) is 0 Å². The fourth-order valence-corrected chi connectivity index (χ4v) is 2.63. The van der Waals surface area contributed by atoms with E-state index in [1.165, 1.54) is 12.5 Å². The summed E-state index contributed by atoms with van der Waals surface area (Å²) in [6.45, 7) is -0.166. The first-order chi connectivity index (χ1) is 16.0. The zero-order valence-electron chi connectivity index (χ0n) is 17.7.